The molecule has 1 amide bonds. The third-order valence-corrected chi connectivity index (χ3v) is 4.71. The van der Waals surface area contributed by atoms with Crippen molar-refractivity contribution >= 4 is 17.3 Å². The molecule has 0 atom stereocenters. The predicted molar refractivity (Wildman–Crippen MR) is 116 cm³/mol. The van der Waals surface area contributed by atoms with E-state index in [0.717, 1.165) is 5.56 Å². The number of nitrogens with zero attached hydrogens (tertiary/aromatic N) is 5. The largest absolute Gasteiger partial charge is 0.457 e. The number of nitrogens with one attached hydrogen (secondary N) is 1. The van der Waals surface area contributed by atoms with E-state index in [1.807, 2.05) is 19.1 Å². The van der Waals surface area contributed by atoms with Gasteiger partial charge < -0.3 is 10.1 Å². The van der Waals surface area contributed by atoms with E-state index in [-0.39, 0.29) is 17.0 Å². The first kappa shape index (κ1) is 20.7. The van der Waals surface area contributed by atoms with Crippen molar-refractivity contribution in [2.24, 2.45) is 0 Å². The number of ether oxygens (including phenoxy) is 1. The van der Waals surface area contributed by atoms with Crippen molar-refractivity contribution in [2.45, 2.75) is 13.8 Å². The fourth-order valence-corrected chi connectivity index (χ4v) is 3.08. The zero-order valence-corrected chi connectivity index (χ0v) is 17.2. The molecule has 0 fully saturated rings. The normalized spacial score (nSPS) is 10.6. The van der Waals surface area contributed by atoms with Crippen LogP contribution in [0.2, 0.25) is 0 Å². The summed E-state index contributed by atoms with van der Waals surface area (Å²) in [6, 6.07) is 18.0. The van der Waals surface area contributed by atoms with Crippen molar-refractivity contribution in [2.75, 3.05) is 5.32 Å². The second-order valence-electron chi connectivity index (χ2n) is 6.95. The molecule has 0 radical (unpaired) electrons. The second-order valence-corrected chi connectivity index (χ2v) is 6.95. The Balaban J connectivity index is 1.67. The van der Waals surface area contributed by atoms with Crippen molar-refractivity contribution in [3.8, 4) is 17.2 Å². The summed E-state index contributed by atoms with van der Waals surface area (Å²) in [7, 11) is 0. The molecule has 0 spiro atoms. The highest BCUT2D eigenvalue weighted by Crippen LogP contribution is 2.30. The number of hydrogen-bond donors (Lipinski definition) is 1. The van der Waals surface area contributed by atoms with Gasteiger partial charge in [0.25, 0.3) is 11.6 Å². The minimum Gasteiger partial charge on any atom is -0.457 e. The van der Waals surface area contributed by atoms with Gasteiger partial charge in [-0.1, -0.05) is 24.3 Å². The Kier molecular flexibility index (Phi) is 5.58. The first-order valence-electron chi connectivity index (χ1n) is 9.61. The molecule has 1 N–H and O–H groups in total. The Morgan fingerprint density at radius 1 is 1.06 bits per heavy atom. The van der Waals surface area contributed by atoms with E-state index in [4.69, 9.17) is 4.74 Å². The van der Waals surface area contributed by atoms with Gasteiger partial charge in [-0.25, -0.2) is 0 Å². The van der Waals surface area contributed by atoms with E-state index < -0.39 is 10.8 Å². The number of anilines is 1. The highest BCUT2D eigenvalue weighted by molar-refractivity contribution is 6.06. The maximum absolute atomic E-state index is 13.1. The third kappa shape index (κ3) is 4.29. The lowest BCUT2D eigenvalue weighted by Crippen LogP contribution is -2.14. The summed E-state index contributed by atoms with van der Waals surface area (Å²) in [6.45, 7) is 3.66. The topological polar surface area (TPSA) is 125 Å². The van der Waals surface area contributed by atoms with Crippen molar-refractivity contribution in [3.63, 3.8) is 0 Å². The van der Waals surface area contributed by atoms with Gasteiger partial charge in [-0.3, -0.25) is 14.9 Å². The fraction of sp³-hybridized carbons (Fsp3) is 0.0909. The number of para-hydroxylation sites is 1. The van der Waals surface area contributed by atoms with Crippen LogP contribution in [-0.2, 0) is 0 Å². The van der Waals surface area contributed by atoms with Crippen LogP contribution in [0, 0.1) is 24.0 Å². The summed E-state index contributed by atoms with van der Waals surface area (Å²) < 4.78 is 7.36. The molecule has 160 valence electrons. The molecule has 0 aliphatic rings. The number of hydrogen-bond acceptors (Lipinski definition) is 7. The molecule has 0 aliphatic carbocycles. The van der Waals surface area contributed by atoms with Crippen LogP contribution in [0.3, 0.4) is 0 Å². The number of nitro benzene ring substituents is 1. The molecule has 10 nitrogen and oxygen atoms in total. The van der Waals surface area contributed by atoms with Crippen LogP contribution < -0.4 is 10.1 Å². The molecule has 1 aromatic heterocycles. The number of rotatable bonds is 6. The van der Waals surface area contributed by atoms with Gasteiger partial charge in [0.1, 0.15) is 11.5 Å². The van der Waals surface area contributed by atoms with Crippen LogP contribution in [0.1, 0.15) is 21.7 Å². The smallest absolute Gasteiger partial charge is 0.270 e. The molecule has 32 heavy (non-hydrogen) atoms. The number of benzene rings is 3. The molecule has 4 rings (SSSR count). The van der Waals surface area contributed by atoms with E-state index in [2.05, 4.69) is 20.8 Å². The van der Waals surface area contributed by atoms with Crippen LogP contribution in [0.25, 0.3) is 5.69 Å². The Morgan fingerprint density at radius 3 is 2.53 bits per heavy atom. The first-order chi connectivity index (χ1) is 15.4. The lowest BCUT2D eigenvalue weighted by Gasteiger charge is -2.13. The number of aromatic nitrogens is 4. The number of carbonyl (C=O) groups excluding carboxylic acids is 1. The minimum atomic E-state index is -0.562. The predicted octanol–water partition coefficient (Wildman–Crippen LogP) is 4.23. The van der Waals surface area contributed by atoms with E-state index in [0.29, 0.717) is 22.9 Å². The average molecular weight is 430 g/mol. The number of nitro groups is 1. The summed E-state index contributed by atoms with van der Waals surface area (Å²) in [5, 5.41) is 25.5. The first-order valence-corrected chi connectivity index (χ1v) is 9.61. The third-order valence-electron chi connectivity index (χ3n) is 4.71. The molecule has 4 aromatic rings. The Morgan fingerprint density at radius 2 is 1.84 bits per heavy atom. The van der Waals surface area contributed by atoms with Crippen LogP contribution in [0.4, 0.5) is 11.4 Å². The van der Waals surface area contributed by atoms with Gasteiger partial charge in [-0.2, -0.15) is 4.68 Å². The minimum absolute atomic E-state index is 0.0313. The molecule has 0 saturated heterocycles. The lowest BCUT2D eigenvalue weighted by molar-refractivity contribution is -0.384. The van der Waals surface area contributed by atoms with Gasteiger partial charge in [0, 0.05) is 17.8 Å². The van der Waals surface area contributed by atoms with Gasteiger partial charge >= 0.3 is 0 Å². The Bertz CT molecular complexity index is 1300. The Labute approximate surface area is 182 Å². The molecule has 0 unspecified atom stereocenters. The zero-order valence-electron chi connectivity index (χ0n) is 17.2. The molecule has 0 saturated carbocycles. The van der Waals surface area contributed by atoms with E-state index in [1.54, 1.807) is 48.0 Å². The van der Waals surface area contributed by atoms with E-state index >= 15 is 0 Å². The van der Waals surface area contributed by atoms with Crippen molar-refractivity contribution in [1.29, 1.82) is 0 Å². The van der Waals surface area contributed by atoms with Crippen molar-refractivity contribution in [3.05, 3.63) is 93.8 Å². The van der Waals surface area contributed by atoms with Crippen LogP contribution in [-0.4, -0.2) is 31.0 Å². The highest BCUT2D eigenvalue weighted by Gasteiger charge is 2.19. The summed E-state index contributed by atoms with van der Waals surface area (Å²) in [6.07, 6.45) is 0. The molecular formula is C22H18N6O4. The highest BCUT2D eigenvalue weighted by atomic mass is 16.6. The summed E-state index contributed by atoms with van der Waals surface area (Å²) in [5.41, 5.74) is 1.89. The number of non-ortho nitro benzene ring substituents is 1. The number of tetrazole rings is 1. The maximum Gasteiger partial charge on any atom is 0.270 e. The molecule has 3 aromatic carbocycles. The quantitative estimate of drug-likeness (QED) is 0.358. The summed E-state index contributed by atoms with van der Waals surface area (Å²) >= 11 is 0. The monoisotopic (exact) mass is 430 g/mol. The van der Waals surface area contributed by atoms with Gasteiger partial charge in [-0.05, 0) is 60.2 Å². The van der Waals surface area contributed by atoms with Crippen molar-refractivity contribution in [1.82, 2.24) is 20.2 Å². The zero-order chi connectivity index (χ0) is 22.7. The van der Waals surface area contributed by atoms with Gasteiger partial charge in [0.2, 0.25) is 0 Å². The van der Waals surface area contributed by atoms with Gasteiger partial charge in [0.05, 0.1) is 16.2 Å². The molecular weight excluding hydrogens is 412 g/mol. The van der Waals surface area contributed by atoms with Gasteiger partial charge in [-0.15, -0.1) is 5.10 Å². The summed E-state index contributed by atoms with van der Waals surface area (Å²) in [4.78, 5) is 23.8. The Hall–Kier alpha value is -4.60. The van der Waals surface area contributed by atoms with E-state index in [9.17, 15) is 14.9 Å². The van der Waals surface area contributed by atoms with Gasteiger partial charge in [0.15, 0.2) is 5.82 Å². The molecule has 10 heteroatoms. The van der Waals surface area contributed by atoms with E-state index in [1.165, 1.54) is 18.2 Å². The maximum atomic E-state index is 13.1. The average Bonchev–Trinajstić information content (AvgIpc) is 3.21. The fourth-order valence-electron chi connectivity index (χ4n) is 3.08. The van der Waals surface area contributed by atoms with Crippen LogP contribution in [0.15, 0.2) is 66.7 Å². The van der Waals surface area contributed by atoms with Crippen molar-refractivity contribution < 1.29 is 14.5 Å². The number of aryl methyl sites for hydroxylation is 2. The van der Waals surface area contributed by atoms with Crippen LogP contribution in [0.5, 0.6) is 11.5 Å². The number of carbonyl (C=O) groups is 1. The van der Waals surface area contributed by atoms with Crippen LogP contribution >= 0.6 is 0 Å². The standard InChI is InChI=1S/C22H18N6O4/c1-14-8-9-16(12-20(14)27-15(2)24-25-26-27)23-22(29)19-13-17(28(30)31)10-11-21(19)32-18-6-4-3-5-7-18/h3-13H,1-2H3,(H,23,29). The lowest BCUT2D eigenvalue weighted by atomic mass is 10.1. The molecule has 0 bridgehead atoms. The number of amides is 1. The second kappa shape index (κ2) is 8.64. The molecule has 0 aliphatic heterocycles. The SMILES string of the molecule is Cc1ccc(NC(=O)c2cc([N+](=O)[O-])ccc2Oc2ccccc2)cc1-n1nnnc1C. The molecule has 1 heterocycles. The summed E-state index contributed by atoms with van der Waals surface area (Å²) in [5.74, 6) is 0.738.